The number of amides is 1. The van der Waals surface area contributed by atoms with Gasteiger partial charge in [-0.3, -0.25) is 9.69 Å². The molecule has 0 aliphatic carbocycles. The second kappa shape index (κ2) is 11.7. The second-order valence-electron chi connectivity index (χ2n) is 11.2. The molecule has 1 atom stereocenters. The van der Waals surface area contributed by atoms with E-state index in [1.54, 1.807) is 7.11 Å². The van der Waals surface area contributed by atoms with Crippen molar-refractivity contribution in [2.24, 2.45) is 5.92 Å². The second-order valence-corrected chi connectivity index (χ2v) is 11.2. The van der Waals surface area contributed by atoms with Gasteiger partial charge < -0.3 is 19.1 Å². The summed E-state index contributed by atoms with van der Waals surface area (Å²) in [5.74, 6) is 2.29. The number of piperidine rings is 1. The van der Waals surface area contributed by atoms with Crippen LogP contribution in [0.4, 0.5) is 5.69 Å². The Balaban J connectivity index is 1.12. The highest BCUT2D eigenvalue weighted by molar-refractivity contribution is 5.79. The Bertz CT molecular complexity index is 1440. The van der Waals surface area contributed by atoms with Gasteiger partial charge in [0.15, 0.2) is 0 Å². The number of benzene rings is 3. The van der Waals surface area contributed by atoms with E-state index in [0.29, 0.717) is 5.91 Å². The topological polar surface area (TPSA) is 53.8 Å². The van der Waals surface area contributed by atoms with Gasteiger partial charge in [-0.2, -0.15) is 0 Å². The summed E-state index contributed by atoms with van der Waals surface area (Å²) in [6.07, 6.45) is 2.01. The molecule has 0 saturated carbocycles. The molecule has 0 radical (unpaired) electrons. The van der Waals surface area contributed by atoms with Crippen LogP contribution in [0.3, 0.4) is 0 Å². The standard InChI is InChI=1S/C33H39N5O2/c1-25-9-13-28(14-10-25)36-18-20-37(21-19-36)33(39)27-6-5-17-35(23-27)24-32-34-30-7-3-4-8-31(30)38(32)22-26-11-15-29(40-2)16-12-26/h3-4,7-16,27H,5-6,17-24H2,1-2H3/t27-/m0/s1. The van der Waals surface area contributed by atoms with Crippen molar-refractivity contribution in [3.63, 3.8) is 0 Å². The number of nitrogens with zero attached hydrogens (tertiary/aromatic N) is 5. The number of hydrogen-bond donors (Lipinski definition) is 0. The number of likely N-dealkylation sites (tertiary alicyclic amines) is 1. The van der Waals surface area contributed by atoms with E-state index in [0.717, 1.165) is 87.8 Å². The fourth-order valence-corrected chi connectivity index (χ4v) is 6.14. The summed E-state index contributed by atoms with van der Waals surface area (Å²) in [6, 6.07) is 25.3. The van der Waals surface area contributed by atoms with Gasteiger partial charge in [0.2, 0.25) is 5.91 Å². The number of imidazole rings is 1. The van der Waals surface area contributed by atoms with E-state index in [-0.39, 0.29) is 5.92 Å². The Morgan fingerprint density at radius 3 is 2.40 bits per heavy atom. The lowest BCUT2D eigenvalue weighted by Gasteiger charge is -2.39. The molecule has 0 N–H and O–H groups in total. The summed E-state index contributed by atoms with van der Waals surface area (Å²) in [5, 5.41) is 0. The molecule has 6 rings (SSSR count). The van der Waals surface area contributed by atoms with Crippen LogP contribution >= 0.6 is 0 Å². The first kappa shape index (κ1) is 26.4. The van der Waals surface area contributed by atoms with Crippen molar-refractivity contribution >= 4 is 22.6 Å². The molecule has 0 bridgehead atoms. The summed E-state index contributed by atoms with van der Waals surface area (Å²) >= 11 is 0. The van der Waals surface area contributed by atoms with Crippen LogP contribution in [0.15, 0.2) is 72.8 Å². The van der Waals surface area contributed by atoms with Gasteiger partial charge in [0.05, 0.1) is 30.6 Å². The third-order valence-electron chi connectivity index (χ3n) is 8.44. The maximum Gasteiger partial charge on any atom is 0.227 e. The lowest BCUT2D eigenvalue weighted by atomic mass is 9.96. The molecule has 7 nitrogen and oxygen atoms in total. The van der Waals surface area contributed by atoms with Gasteiger partial charge in [-0.15, -0.1) is 0 Å². The monoisotopic (exact) mass is 537 g/mol. The molecule has 1 aromatic heterocycles. The molecule has 2 aliphatic rings. The van der Waals surface area contributed by atoms with Crippen LogP contribution in [0.5, 0.6) is 5.75 Å². The van der Waals surface area contributed by atoms with E-state index in [2.05, 4.69) is 80.8 Å². The predicted octanol–water partition coefficient (Wildman–Crippen LogP) is 4.96. The van der Waals surface area contributed by atoms with Crippen LogP contribution in [0, 0.1) is 12.8 Å². The molecule has 3 heterocycles. The Kier molecular flexibility index (Phi) is 7.73. The first-order valence-electron chi connectivity index (χ1n) is 14.5. The summed E-state index contributed by atoms with van der Waals surface area (Å²) in [6.45, 7) is 8.77. The van der Waals surface area contributed by atoms with Gasteiger partial charge in [0.1, 0.15) is 11.6 Å². The van der Waals surface area contributed by atoms with Gasteiger partial charge in [0, 0.05) is 45.0 Å². The van der Waals surface area contributed by atoms with Crippen molar-refractivity contribution < 1.29 is 9.53 Å². The van der Waals surface area contributed by atoms with Crippen LogP contribution in [-0.4, -0.2) is 71.6 Å². The molecule has 0 spiro atoms. The maximum atomic E-state index is 13.6. The number of hydrogen-bond acceptors (Lipinski definition) is 5. The number of ether oxygens (including phenoxy) is 1. The molecule has 2 saturated heterocycles. The molecule has 4 aromatic rings. The Hall–Kier alpha value is -3.84. The zero-order valence-electron chi connectivity index (χ0n) is 23.6. The third-order valence-corrected chi connectivity index (χ3v) is 8.44. The molecular weight excluding hydrogens is 498 g/mol. The zero-order valence-corrected chi connectivity index (χ0v) is 23.6. The number of carbonyl (C=O) groups excluding carboxylic acids is 1. The molecule has 7 heteroatoms. The van der Waals surface area contributed by atoms with Crippen LogP contribution in [0.2, 0.25) is 0 Å². The largest absolute Gasteiger partial charge is 0.497 e. The van der Waals surface area contributed by atoms with Crippen molar-refractivity contribution in [3.05, 3.63) is 89.7 Å². The van der Waals surface area contributed by atoms with Crippen LogP contribution in [0.25, 0.3) is 11.0 Å². The number of aryl methyl sites for hydroxylation is 1. The van der Waals surface area contributed by atoms with Crippen molar-refractivity contribution in [2.75, 3.05) is 51.3 Å². The fourth-order valence-electron chi connectivity index (χ4n) is 6.14. The van der Waals surface area contributed by atoms with Crippen LogP contribution < -0.4 is 9.64 Å². The summed E-state index contributed by atoms with van der Waals surface area (Å²) in [5.41, 5.74) is 5.89. The van der Waals surface area contributed by atoms with E-state index >= 15 is 0 Å². The number of piperazine rings is 1. The quantitative estimate of drug-likeness (QED) is 0.334. The molecule has 208 valence electrons. The average Bonchev–Trinajstić information content (AvgIpc) is 3.34. The number of fused-ring (bicyclic) bond motifs is 1. The SMILES string of the molecule is COc1ccc(Cn2c(CN3CCC[C@H](C(=O)N4CCN(c5ccc(C)cc5)CC4)C3)nc3ccccc32)cc1. The first-order chi connectivity index (χ1) is 19.6. The minimum Gasteiger partial charge on any atom is -0.497 e. The number of methoxy groups -OCH3 is 1. The molecule has 2 aliphatic heterocycles. The van der Waals surface area contributed by atoms with Crippen LogP contribution in [-0.2, 0) is 17.9 Å². The number of para-hydroxylation sites is 2. The molecule has 2 fully saturated rings. The highest BCUT2D eigenvalue weighted by Crippen LogP contribution is 2.25. The van der Waals surface area contributed by atoms with Crippen molar-refractivity contribution in [2.45, 2.75) is 32.9 Å². The molecule has 40 heavy (non-hydrogen) atoms. The van der Waals surface area contributed by atoms with Gasteiger partial charge in [0.25, 0.3) is 0 Å². The van der Waals surface area contributed by atoms with Gasteiger partial charge in [-0.25, -0.2) is 4.98 Å². The van der Waals surface area contributed by atoms with E-state index in [4.69, 9.17) is 9.72 Å². The number of aromatic nitrogens is 2. The van der Waals surface area contributed by atoms with Gasteiger partial charge in [-0.05, 0) is 68.3 Å². The zero-order chi connectivity index (χ0) is 27.5. The molecule has 0 unspecified atom stereocenters. The lowest BCUT2D eigenvalue weighted by Crippen LogP contribution is -2.52. The van der Waals surface area contributed by atoms with Crippen molar-refractivity contribution in [3.8, 4) is 5.75 Å². The lowest BCUT2D eigenvalue weighted by molar-refractivity contribution is -0.137. The average molecular weight is 538 g/mol. The highest BCUT2D eigenvalue weighted by atomic mass is 16.5. The predicted molar refractivity (Wildman–Crippen MR) is 160 cm³/mol. The molecule has 1 amide bonds. The van der Waals surface area contributed by atoms with Crippen molar-refractivity contribution in [1.82, 2.24) is 19.4 Å². The highest BCUT2D eigenvalue weighted by Gasteiger charge is 2.31. The Morgan fingerprint density at radius 2 is 1.65 bits per heavy atom. The Labute approximate surface area is 237 Å². The number of carbonyl (C=O) groups is 1. The number of rotatable bonds is 7. The fraction of sp³-hybridized carbons (Fsp3) is 0.394. The van der Waals surface area contributed by atoms with E-state index in [9.17, 15) is 4.79 Å². The molecule has 3 aromatic carbocycles. The first-order valence-corrected chi connectivity index (χ1v) is 14.5. The smallest absolute Gasteiger partial charge is 0.227 e. The van der Waals surface area contributed by atoms with E-state index < -0.39 is 0 Å². The van der Waals surface area contributed by atoms with Gasteiger partial charge in [-0.1, -0.05) is 42.0 Å². The number of anilines is 1. The third kappa shape index (κ3) is 5.70. The summed E-state index contributed by atoms with van der Waals surface area (Å²) in [4.78, 5) is 25.5. The van der Waals surface area contributed by atoms with E-state index in [1.807, 2.05) is 18.2 Å². The summed E-state index contributed by atoms with van der Waals surface area (Å²) < 4.78 is 7.67. The summed E-state index contributed by atoms with van der Waals surface area (Å²) in [7, 11) is 1.69. The molecular formula is C33H39N5O2. The maximum absolute atomic E-state index is 13.6. The minimum absolute atomic E-state index is 0.0547. The Morgan fingerprint density at radius 1 is 0.900 bits per heavy atom. The van der Waals surface area contributed by atoms with Gasteiger partial charge >= 0.3 is 0 Å². The minimum atomic E-state index is 0.0547. The van der Waals surface area contributed by atoms with Crippen LogP contribution in [0.1, 0.15) is 29.8 Å². The van der Waals surface area contributed by atoms with Crippen molar-refractivity contribution in [1.29, 1.82) is 0 Å². The normalized spacial score (nSPS) is 18.3. The van der Waals surface area contributed by atoms with E-state index in [1.165, 1.54) is 16.8 Å².